The molecule has 0 aromatic heterocycles. The molecule has 1 aromatic carbocycles. The zero-order valence-corrected chi connectivity index (χ0v) is 13.2. The van der Waals surface area contributed by atoms with E-state index in [1.165, 1.54) is 24.1 Å². The van der Waals surface area contributed by atoms with Gasteiger partial charge in [-0.15, -0.1) is 0 Å². The molecular weight excluding hydrogens is 262 g/mol. The number of rotatable bonds is 7. The molecule has 0 aliphatic carbocycles. The molecule has 0 fully saturated rings. The number of hydrogen-bond acceptors (Lipinski definition) is 3. The van der Waals surface area contributed by atoms with E-state index in [1.54, 1.807) is 7.05 Å². The lowest BCUT2D eigenvalue weighted by Gasteiger charge is -2.32. The monoisotopic (exact) mass is 289 g/mol. The fourth-order valence-corrected chi connectivity index (χ4v) is 3.00. The summed E-state index contributed by atoms with van der Waals surface area (Å²) < 4.78 is 0. The van der Waals surface area contributed by atoms with Gasteiger partial charge in [0.25, 0.3) is 0 Å². The van der Waals surface area contributed by atoms with E-state index < -0.39 is 5.54 Å². The van der Waals surface area contributed by atoms with Crippen LogP contribution in [-0.4, -0.2) is 31.6 Å². The zero-order chi connectivity index (χ0) is 15.3. The maximum atomic E-state index is 11.5. The Labute approximate surface area is 127 Å². The first kappa shape index (κ1) is 15.8. The van der Waals surface area contributed by atoms with Crippen molar-refractivity contribution in [3.8, 4) is 0 Å². The van der Waals surface area contributed by atoms with Crippen LogP contribution >= 0.6 is 0 Å². The lowest BCUT2D eigenvalue weighted by Crippen LogP contribution is -2.51. The van der Waals surface area contributed by atoms with Gasteiger partial charge in [0.1, 0.15) is 0 Å². The Morgan fingerprint density at radius 2 is 2.14 bits per heavy atom. The van der Waals surface area contributed by atoms with Gasteiger partial charge in [-0.3, -0.25) is 4.79 Å². The fraction of sp³-hybridized carbons (Fsp3) is 0.588. The number of aryl methyl sites for hydroxylation is 1. The molecule has 3 N–H and O–H groups in total. The average molecular weight is 289 g/mol. The van der Waals surface area contributed by atoms with Crippen LogP contribution in [0.4, 0.5) is 5.69 Å². The molecule has 0 saturated heterocycles. The number of primary amides is 1. The third-order valence-electron chi connectivity index (χ3n) is 4.66. The van der Waals surface area contributed by atoms with Crippen molar-refractivity contribution in [3.05, 3.63) is 29.8 Å². The maximum Gasteiger partial charge on any atom is 0.237 e. The van der Waals surface area contributed by atoms with Gasteiger partial charge >= 0.3 is 0 Å². The Hall–Kier alpha value is -1.55. The highest BCUT2D eigenvalue weighted by Crippen LogP contribution is 2.27. The van der Waals surface area contributed by atoms with Crippen LogP contribution in [0.15, 0.2) is 24.3 Å². The van der Waals surface area contributed by atoms with Crippen molar-refractivity contribution in [1.82, 2.24) is 5.32 Å². The van der Waals surface area contributed by atoms with E-state index in [1.807, 2.05) is 6.92 Å². The van der Waals surface area contributed by atoms with Crippen LogP contribution in [0.1, 0.15) is 38.2 Å². The second-order valence-electron chi connectivity index (χ2n) is 6.12. The van der Waals surface area contributed by atoms with Gasteiger partial charge in [0.05, 0.1) is 5.54 Å². The fourth-order valence-electron chi connectivity index (χ4n) is 3.00. The van der Waals surface area contributed by atoms with Crippen LogP contribution in [0.25, 0.3) is 0 Å². The van der Waals surface area contributed by atoms with Crippen molar-refractivity contribution in [1.29, 1.82) is 0 Å². The lowest BCUT2D eigenvalue weighted by molar-refractivity contribution is -0.123. The van der Waals surface area contributed by atoms with E-state index in [-0.39, 0.29) is 5.91 Å². The first-order valence-electron chi connectivity index (χ1n) is 7.88. The highest BCUT2D eigenvalue weighted by atomic mass is 16.1. The van der Waals surface area contributed by atoms with Crippen LogP contribution in [0, 0.1) is 0 Å². The number of nitrogens with one attached hydrogen (secondary N) is 1. The Balaban J connectivity index is 1.84. The molecule has 0 radical (unpaired) electrons. The number of likely N-dealkylation sites (N-methyl/N-ethyl adjacent to an activating group) is 1. The molecule has 1 aromatic rings. The number of hydrogen-bond donors (Lipinski definition) is 2. The van der Waals surface area contributed by atoms with Gasteiger partial charge in [-0.25, -0.2) is 0 Å². The highest BCUT2D eigenvalue weighted by molar-refractivity contribution is 5.84. The Morgan fingerprint density at radius 1 is 1.38 bits per heavy atom. The van der Waals surface area contributed by atoms with Gasteiger partial charge in [-0.2, -0.15) is 0 Å². The number of anilines is 1. The second-order valence-corrected chi connectivity index (χ2v) is 6.12. The van der Waals surface area contributed by atoms with E-state index in [2.05, 4.69) is 34.5 Å². The zero-order valence-electron chi connectivity index (χ0n) is 13.2. The maximum absolute atomic E-state index is 11.5. The summed E-state index contributed by atoms with van der Waals surface area (Å²) >= 11 is 0. The minimum absolute atomic E-state index is 0.270. The summed E-state index contributed by atoms with van der Waals surface area (Å²) in [6, 6.07) is 8.68. The van der Waals surface area contributed by atoms with Gasteiger partial charge in [0.15, 0.2) is 0 Å². The first-order chi connectivity index (χ1) is 10.1. The van der Waals surface area contributed by atoms with E-state index >= 15 is 0 Å². The molecule has 4 heteroatoms. The molecule has 1 unspecified atom stereocenters. The molecule has 21 heavy (non-hydrogen) atoms. The quantitative estimate of drug-likeness (QED) is 0.756. The van der Waals surface area contributed by atoms with Crippen molar-refractivity contribution in [2.75, 3.05) is 25.0 Å². The smallest absolute Gasteiger partial charge is 0.237 e. The van der Waals surface area contributed by atoms with E-state index in [0.717, 1.165) is 32.4 Å². The molecule has 116 valence electrons. The van der Waals surface area contributed by atoms with Gasteiger partial charge < -0.3 is 16.0 Å². The number of benzene rings is 1. The van der Waals surface area contributed by atoms with E-state index in [9.17, 15) is 4.79 Å². The molecule has 2 rings (SSSR count). The van der Waals surface area contributed by atoms with E-state index in [4.69, 9.17) is 5.73 Å². The van der Waals surface area contributed by atoms with E-state index in [0.29, 0.717) is 0 Å². The number of unbranched alkanes of at least 4 members (excludes halogenated alkanes) is 1. The molecule has 1 amide bonds. The Bertz CT molecular complexity index is 489. The molecule has 0 spiro atoms. The van der Waals surface area contributed by atoms with Gasteiger partial charge in [0.2, 0.25) is 5.91 Å². The molecule has 1 aliphatic rings. The number of carbonyl (C=O) groups is 1. The number of fused-ring (bicyclic) bond motifs is 1. The second kappa shape index (κ2) is 6.94. The van der Waals surface area contributed by atoms with Crippen molar-refractivity contribution >= 4 is 11.6 Å². The Kier molecular flexibility index (Phi) is 5.23. The third kappa shape index (κ3) is 3.76. The molecular formula is C17H27N3O. The van der Waals surface area contributed by atoms with Crippen molar-refractivity contribution in [3.63, 3.8) is 0 Å². The van der Waals surface area contributed by atoms with Crippen LogP contribution in [-0.2, 0) is 11.2 Å². The molecule has 0 saturated carbocycles. The lowest BCUT2D eigenvalue weighted by atomic mass is 9.94. The largest absolute Gasteiger partial charge is 0.371 e. The van der Waals surface area contributed by atoms with Crippen molar-refractivity contribution < 1.29 is 4.79 Å². The molecule has 1 aliphatic heterocycles. The molecule has 1 heterocycles. The van der Waals surface area contributed by atoms with Crippen molar-refractivity contribution in [2.45, 2.75) is 44.6 Å². The highest BCUT2D eigenvalue weighted by Gasteiger charge is 2.28. The minimum atomic E-state index is -0.584. The van der Waals surface area contributed by atoms with Crippen LogP contribution in [0.5, 0.6) is 0 Å². The number of amides is 1. The molecule has 4 nitrogen and oxygen atoms in total. The molecule has 0 bridgehead atoms. The van der Waals surface area contributed by atoms with Gasteiger partial charge in [-0.1, -0.05) is 18.2 Å². The number of nitrogens with zero attached hydrogens (tertiary/aromatic N) is 1. The predicted octanol–water partition coefficient (Wildman–Crippen LogP) is 2.07. The number of carbonyl (C=O) groups excluding carboxylic acids is 1. The Morgan fingerprint density at radius 3 is 2.86 bits per heavy atom. The summed E-state index contributed by atoms with van der Waals surface area (Å²) in [6.07, 6.45) is 5.28. The standard InChI is InChI=1S/C17H27N3O/c1-17(19-2,16(18)21)11-5-6-12-20-13-7-9-14-8-3-4-10-15(14)20/h3-4,8,10,19H,5-7,9,11-13H2,1-2H3,(H2,18,21). The normalized spacial score (nSPS) is 17.1. The van der Waals surface area contributed by atoms with Crippen LogP contribution < -0.4 is 16.0 Å². The SMILES string of the molecule is CNC(C)(CCCCN1CCCc2ccccc21)C(N)=O. The summed E-state index contributed by atoms with van der Waals surface area (Å²) in [4.78, 5) is 13.9. The van der Waals surface area contributed by atoms with Gasteiger partial charge in [-0.05, 0) is 57.7 Å². The van der Waals surface area contributed by atoms with Crippen LogP contribution in [0.2, 0.25) is 0 Å². The van der Waals surface area contributed by atoms with Crippen molar-refractivity contribution in [2.24, 2.45) is 5.73 Å². The average Bonchev–Trinajstić information content (AvgIpc) is 2.51. The summed E-state index contributed by atoms with van der Waals surface area (Å²) in [5, 5.41) is 3.04. The summed E-state index contributed by atoms with van der Waals surface area (Å²) in [5.74, 6) is -0.270. The summed E-state index contributed by atoms with van der Waals surface area (Å²) in [5.41, 5.74) is 7.72. The number of para-hydroxylation sites is 1. The third-order valence-corrected chi connectivity index (χ3v) is 4.66. The topological polar surface area (TPSA) is 58.4 Å². The predicted molar refractivity (Wildman–Crippen MR) is 87.5 cm³/mol. The first-order valence-corrected chi connectivity index (χ1v) is 7.88. The van der Waals surface area contributed by atoms with Gasteiger partial charge in [0, 0.05) is 18.8 Å². The number of nitrogens with two attached hydrogens (primary N) is 1. The van der Waals surface area contributed by atoms with Crippen LogP contribution in [0.3, 0.4) is 0 Å². The summed E-state index contributed by atoms with van der Waals surface area (Å²) in [7, 11) is 1.80. The molecule has 1 atom stereocenters. The summed E-state index contributed by atoms with van der Waals surface area (Å²) in [6.45, 7) is 4.07. The minimum Gasteiger partial charge on any atom is -0.371 e.